The van der Waals surface area contributed by atoms with Crippen LogP contribution in [0.2, 0.25) is 5.02 Å². The zero-order valence-corrected chi connectivity index (χ0v) is 17.9. The van der Waals surface area contributed by atoms with Gasteiger partial charge < -0.3 is 23.5 Å². The number of aromatic nitrogens is 2. The monoisotopic (exact) mass is 419 g/mol. The lowest BCUT2D eigenvalue weighted by atomic mass is 10.1. The van der Waals surface area contributed by atoms with Crippen molar-refractivity contribution >= 4 is 40.2 Å². The van der Waals surface area contributed by atoms with Crippen molar-refractivity contribution in [2.75, 3.05) is 32.8 Å². The number of anilines is 2. The molecule has 0 bridgehead atoms. The molecule has 1 aromatic carbocycles. The highest BCUT2D eigenvalue weighted by atomic mass is 35.5. The van der Waals surface area contributed by atoms with Crippen LogP contribution in [0.15, 0.2) is 16.5 Å². The summed E-state index contributed by atoms with van der Waals surface area (Å²) in [6.07, 6.45) is 0. The summed E-state index contributed by atoms with van der Waals surface area (Å²) < 4.78 is 21.7. The Bertz CT molecular complexity index is 1080. The number of hydrogen-bond acceptors (Lipinski definition) is 8. The van der Waals surface area contributed by atoms with Gasteiger partial charge in [-0.15, -0.1) is 0 Å². The van der Waals surface area contributed by atoms with E-state index in [9.17, 15) is 4.79 Å². The summed E-state index contributed by atoms with van der Waals surface area (Å²) in [4.78, 5) is 23.2. The number of halogens is 1. The fourth-order valence-electron chi connectivity index (χ4n) is 3.11. The fourth-order valence-corrected chi connectivity index (χ4v) is 3.34. The van der Waals surface area contributed by atoms with E-state index in [0.29, 0.717) is 56.3 Å². The summed E-state index contributed by atoms with van der Waals surface area (Å²) in [5, 5.41) is 0.870. The molecule has 0 aliphatic heterocycles. The maximum atomic E-state index is 12.6. The van der Waals surface area contributed by atoms with Gasteiger partial charge in [0.05, 0.1) is 36.9 Å². The number of aryl methyl sites for hydroxylation is 2. The summed E-state index contributed by atoms with van der Waals surface area (Å²) in [6.45, 7) is 5.42. The van der Waals surface area contributed by atoms with Gasteiger partial charge in [0.2, 0.25) is 5.71 Å². The number of fused-ring (bicyclic) bond motifs is 1. The Labute approximate surface area is 173 Å². The highest BCUT2D eigenvalue weighted by Crippen LogP contribution is 2.42. The minimum Gasteiger partial charge on any atom is -0.495 e. The zero-order valence-electron chi connectivity index (χ0n) is 17.1. The van der Waals surface area contributed by atoms with Crippen LogP contribution in [0.3, 0.4) is 0 Å². The van der Waals surface area contributed by atoms with E-state index in [1.165, 1.54) is 7.11 Å². The molecule has 0 amide bonds. The number of rotatable bonds is 6. The van der Waals surface area contributed by atoms with E-state index in [2.05, 4.69) is 9.97 Å². The summed E-state index contributed by atoms with van der Waals surface area (Å²) in [7, 11) is 4.87. The molecule has 154 valence electrons. The molecule has 8 nitrogen and oxygen atoms in total. The molecule has 0 fully saturated rings. The van der Waals surface area contributed by atoms with Crippen molar-refractivity contribution in [3.8, 4) is 11.5 Å². The van der Waals surface area contributed by atoms with E-state index >= 15 is 0 Å². The third-order valence-electron chi connectivity index (χ3n) is 4.43. The molecule has 9 heteroatoms. The van der Waals surface area contributed by atoms with Gasteiger partial charge in [-0.05, 0) is 26.8 Å². The number of hydrogen-bond donors (Lipinski definition) is 0. The molecular formula is C20H22ClN3O5. The Kier molecular flexibility index (Phi) is 5.83. The predicted molar refractivity (Wildman–Crippen MR) is 110 cm³/mol. The smallest absolute Gasteiger partial charge is 0.342 e. The number of carbonyl (C=O) groups is 1. The molecule has 2 heterocycles. The van der Waals surface area contributed by atoms with Gasteiger partial charge in [0, 0.05) is 13.1 Å². The van der Waals surface area contributed by atoms with Crippen molar-refractivity contribution in [1.82, 2.24) is 9.97 Å². The van der Waals surface area contributed by atoms with Crippen LogP contribution in [0.5, 0.6) is 11.5 Å². The lowest BCUT2D eigenvalue weighted by Crippen LogP contribution is -2.15. The van der Waals surface area contributed by atoms with E-state index in [0.717, 1.165) is 0 Å². The number of benzene rings is 1. The van der Waals surface area contributed by atoms with Crippen LogP contribution in [0.1, 0.15) is 28.9 Å². The third kappa shape index (κ3) is 3.67. The number of carbonyl (C=O) groups excluding carboxylic acids is 1. The maximum absolute atomic E-state index is 12.6. The first kappa shape index (κ1) is 20.7. The molecule has 0 aliphatic carbocycles. The van der Waals surface area contributed by atoms with Crippen molar-refractivity contribution in [3.63, 3.8) is 0 Å². The second-order valence-corrected chi connectivity index (χ2v) is 6.65. The molecule has 0 unspecified atom stereocenters. The zero-order chi connectivity index (χ0) is 21.3. The first-order valence-electron chi connectivity index (χ1n) is 8.92. The maximum Gasteiger partial charge on any atom is 0.342 e. The van der Waals surface area contributed by atoms with Crippen LogP contribution in [0.25, 0.3) is 11.1 Å². The molecule has 0 atom stereocenters. The van der Waals surface area contributed by atoms with Crippen molar-refractivity contribution < 1.29 is 23.4 Å². The second kappa shape index (κ2) is 8.16. The summed E-state index contributed by atoms with van der Waals surface area (Å²) in [5.74, 6) is 1.87. The number of ether oxygens (including phenoxy) is 3. The number of methoxy groups -OCH3 is 2. The molecule has 3 aromatic rings. The number of esters is 1. The van der Waals surface area contributed by atoms with E-state index in [1.54, 1.807) is 52.0 Å². The normalized spacial score (nSPS) is 10.9. The standard InChI is InChI=1S/C20H22ClN3O5/c1-7-28-20(25)16-10(2)29-19-17(16)18(22-11(3)23-19)24(4)13-8-12(21)14(26-5)9-15(13)27-6/h8-9H,7H2,1-6H3. The van der Waals surface area contributed by atoms with E-state index < -0.39 is 5.97 Å². The average Bonchev–Trinajstić information content (AvgIpc) is 3.02. The Morgan fingerprint density at radius 2 is 1.86 bits per heavy atom. The van der Waals surface area contributed by atoms with Gasteiger partial charge in [-0.3, -0.25) is 0 Å². The van der Waals surface area contributed by atoms with Crippen molar-refractivity contribution in [2.45, 2.75) is 20.8 Å². The van der Waals surface area contributed by atoms with Crippen LogP contribution in [0, 0.1) is 13.8 Å². The first-order valence-corrected chi connectivity index (χ1v) is 9.30. The molecule has 3 rings (SSSR count). The third-order valence-corrected chi connectivity index (χ3v) is 4.73. The van der Waals surface area contributed by atoms with Gasteiger partial charge in [0.1, 0.15) is 34.5 Å². The molecule has 0 radical (unpaired) electrons. The molecule has 0 aliphatic rings. The molecule has 0 saturated carbocycles. The Morgan fingerprint density at radius 1 is 1.17 bits per heavy atom. The topological polar surface area (TPSA) is 86.9 Å². The second-order valence-electron chi connectivity index (χ2n) is 6.25. The first-order chi connectivity index (χ1) is 13.8. The van der Waals surface area contributed by atoms with E-state index in [1.807, 2.05) is 0 Å². The van der Waals surface area contributed by atoms with Crippen LogP contribution in [-0.4, -0.2) is 43.8 Å². The lowest BCUT2D eigenvalue weighted by molar-refractivity contribution is 0.0526. The summed E-state index contributed by atoms with van der Waals surface area (Å²) in [6, 6.07) is 3.39. The molecule has 2 aromatic heterocycles. The molecule has 29 heavy (non-hydrogen) atoms. The fraction of sp³-hybridized carbons (Fsp3) is 0.350. The van der Waals surface area contributed by atoms with Crippen LogP contribution in [-0.2, 0) is 4.74 Å². The van der Waals surface area contributed by atoms with E-state index in [4.69, 9.17) is 30.2 Å². The minimum absolute atomic E-state index is 0.241. The Morgan fingerprint density at radius 3 is 2.48 bits per heavy atom. The van der Waals surface area contributed by atoms with Crippen LogP contribution in [0.4, 0.5) is 11.5 Å². The highest BCUT2D eigenvalue weighted by Gasteiger charge is 2.27. The van der Waals surface area contributed by atoms with Gasteiger partial charge in [0.25, 0.3) is 0 Å². The molecular weight excluding hydrogens is 398 g/mol. The SMILES string of the molecule is CCOC(=O)c1c(C)oc2nc(C)nc(N(C)c3cc(Cl)c(OC)cc3OC)c12. The largest absolute Gasteiger partial charge is 0.495 e. The Hall–Kier alpha value is -3.00. The number of nitrogens with zero attached hydrogens (tertiary/aromatic N) is 3. The quantitative estimate of drug-likeness (QED) is 0.541. The van der Waals surface area contributed by atoms with E-state index in [-0.39, 0.29) is 6.61 Å². The van der Waals surface area contributed by atoms with Gasteiger partial charge in [-0.25, -0.2) is 9.78 Å². The van der Waals surface area contributed by atoms with Gasteiger partial charge in [-0.2, -0.15) is 4.98 Å². The lowest BCUT2D eigenvalue weighted by Gasteiger charge is -2.23. The minimum atomic E-state index is -0.495. The van der Waals surface area contributed by atoms with Gasteiger partial charge in [0.15, 0.2) is 0 Å². The predicted octanol–water partition coefficient (Wildman–Crippen LogP) is 4.45. The summed E-state index contributed by atoms with van der Waals surface area (Å²) in [5.41, 5.74) is 1.23. The highest BCUT2D eigenvalue weighted by molar-refractivity contribution is 6.32. The molecule has 0 N–H and O–H groups in total. The Balaban J connectivity index is 2.27. The van der Waals surface area contributed by atoms with Crippen LogP contribution >= 0.6 is 11.6 Å². The summed E-state index contributed by atoms with van der Waals surface area (Å²) >= 11 is 6.33. The van der Waals surface area contributed by atoms with Crippen LogP contribution < -0.4 is 14.4 Å². The van der Waals surface area contributed by atoms with Crippen molar-refractivity contribution in [3.05, 3.63) is 34.3 Å². The van der Waals surface area contributed by atoms with Gasteiger partial charge in [-0.1, -0.05) is 11.6 Å². The number of furan rings is 1. The van der Waals surface area contributed by atoms with Crippen molar-refractivity contribution in [2.24, 2.45) is 0 Å². The average molecular weight is 420 g/mol. The molecule has 0 saturated heterocycles. The van der Waals surface area contributed by atoms with Crippen molar-refractivity contribution in [1.29, 1.82) is 0 Å². The molecule has 0 spiro atoms. The van der Waals surface area contributed by atoms with Gasteiger partial charge >= 0.3 is 5.97 Å².